The fraction of sp³-hybridized carbons (Fsp3) is 0.472. The van der Waals surface area contributed by atoms with Crippen molar-refractivity contribution in [3.8, 4) is 22.6 Å². The van der Waals surface area contributed by atoms with Crippen LogP contribution in [0.5, 0.6) is 11.5 Å². The van der Waals surface area contributed by atoms with Crippen molar-refractivity contribution >= 4 is 40.7 Å². The molecule has 0 saturated carbocycles. The number of nitrogens with zero attached hydrogens (tertiary/aromatic N) is 4. The lowest BCUT2D eigenvalue weighted by molar-refractivity contribution is -0.121. The number of rotatable bonds is 14. The highest BCUT2D eigenvalue weighted by atomic mass is 32.1. The van der Waals surface area contributed by atoms with Gasteiger partial charge in [0.1, 0.15) is 28.5 Å². The van der Waals surface area contributed by atoms with Crippen LogP contribution < -0.4 is 19.7 Å². The molecule has 1 aliphatic rings. The summed E-state index contributed by atoms with van der Waals surface area (Å²) in [5.41, 5.74) is 2.60. The second kappa shape index (κ2) is 15.8. The van der Waals surface area contributed by atoms with Gasteiger partial charge in [-0.15, -0.1) is 11.3 Å². The summed E-state index contributed by atoms with van der Waals surface area (Å²) in [4.78, 5) is 48.8. The van der Waals surface area contributed by atoms with Crippen molar-refractivity contribution in [1.82, 2.24) is 14.7 Å². The molecule has 12 heteroatoms. The number of hydrogen-bond acceptors (Lipinski definition) is 10. The third-order valence-electron chi connectivity index (χ3n) is 8.19. The Morgan fingerprint density at radius 3 is 2.15 bits per heavy atom. The molecule has 1 aliphatic heterocycles. The van der Waals surface area contributed by atoms with Crippen LogP contribution in [0.1, 0.15) is 46.8 Å². The summed E-state index contributed by atoms with van der Waals surface area (Å²) < 4.78 is 17.5. The van der Waals surface area contributed by atoms with E-state index in [1.54, 1.807) is 42.2 Å². The van der Waals surface area contributed by atoms with Gasteiger partial charge in [-0.05, 0) is 111 Å². The van der Waals surface area contributed by atoms with Crippen molar-refractivity contribution in [2.24, 2.45) is 0 Å². The number of hydrogen-bond donors (Lipinski definition) is 1. The highest BCUT2D eigenvalue weighted by Crippen LogP contribution is 2.45. The van der Waals surface area contributed by atoms with E-state index in [2.05, 4.69) is 15.1 Å². The van der Waals surface area contributed by atoms with Crippen molar-refractivity contribution in [3.05, 3.63) is 57.8 Å². The van der Waals surface area contributed by atoms with E-state index in [-0.39, 0.29) is 12.5 Å². The second-order valence-electron chi connectivity index (χ2n) is 13.1. The highest BCUT2D eigenvalue weighted by Gasteiger charge is 2.39. The standard InChI is InChI=1S/C36H49N5O6S/c1-24-12-17-31(48-24)33(42)46-23-28-26(15-16-29-32(28)40(8)34(43)36(2,3)37-29)27-14-13-25(22-30(27)45-9)47-35(44)41(20-10-18-38(4)5)21-11-19-39(6)7/h12-17,22,37H,10-11,18-21,23H2,1-9H3. The van der Waals surface area contributed by atoms with E-state index in [9.17, 15) is 14.4 Å². The van der Waals surface area contributed by atoms with Gasteiger partial charge in [0, 0.05) is 42.2 Å². The van der Waals surface area contributed by atoms with E-state index in [1.165, 1.54) is 11.3 Å². The van der Waals surface area contributed by atoms with E-state index in [0.29, 0.717) is 51.8 Å². The molecule has 1 N–H and O–H groups in total. The molecule has 2 heterocycles. The molecule has 2 aromatic carbocycles. The number of aryl methyl sites for hydroxylation is 1. The molecular weight excluding hydrogens is 630 g/mol. The van der Waals surface area contributed by atoms with Gasteiger partial charge in [-0.25, -0.2) is 9.59 Å². The third kappa shape index (κ3) is 8.86. The number of likely N-dealkylation sites (N-methyl/N-ethyl adjacent to an activating group) is 1. The molecule has 0 atom stereocenters. The van der Waals surface area contributed by atoms with E-state index in [4.69, 9.17) is 14.2 Å². The maximum atomic E-state index is 13.4. The summed E-state index contributed by atoms with van der Waals surface area (Å²) in [5.74, 6) is 0.250. The van der Waals surface area contributed by atoms with E-state index >= 15 is 0 Å². The number of fused-ring (bicyclic) bond motifs is 1. The monoisotopic (exact) mass is 679 g/mol. The van der Waals surface area contributed by atoms with E-state index in [1.807, 2.05) is 73.2 Å². The Labute approximate surface area is 288 Å². The molecule has 0 bridgehead atoms. The van der Waals surface area contributed by atoms with Crippen LogP contribution in [-0.2, 0) is 16.1 Å². The number of carbonyl (C=O) groups excluding carboxylic acids is 3. The van der Waals surface area contributed by atoms with Gasteiger partial charge < -0.3 is 39.1 Å². The summed E-state index contributed by atoms with van der Waals surface area (Å²) in [5, 5.41) is 3.34. The third-order valence-corrected chi connectivity index (χ3v) is 9.17. The summed E-state index contributed by atoms with van der Waals surface area (Å²) in [6.07, 6.45) is 1.24. The molecule has 1 aromatic heterocycles. The van der Waals surface area contributed by atoms with Gasteiger partial charge in [0.25, 0.3) is 5.91 Å². The maximum absolute atomic E-state index is 13.4. The van der Waals surface area contributed by atoms with Crippen LogP contribution in [0.25, 0.3) is 11.1 Å². The molecular formula is C36H49N5O6S. The maximum Gasteiger partial charge on any atom is 0.415 e. The van der Waals surface area contributed by atoms with Gasteiger partial charge in [0.2, 0.25) is 0 Å². The number of ether oxygens (including phenoxy) is 3. The zero-order valence-electron chi connectivity index (χ0n) is 29.6. The minimum atomic E-state index is -0.818. The number of carbonyl (C=O) groups is 3. The molecule has 0 spiro atoms. The zero-order valence-corrected chi connectivity index (χ0v) is 30.5. The van der Waals surface area contributed by atoms with Gasteiger partial charge in [-0.1, -0.05) is 6.07 Å². The molecule has 11 nitrogen and oxygen atoms in total. The quantitative estimate of drug-likeness (QED) is 0.207. The molecule has 0 saturated heterocycles. The van der Waals surface area contributed by atoms with E-state index in [0.717, 1.165) is 36.5 Å². The smallest absolute Gasteiger partial charge is 0.415 e. The number of esters is 1. The largest absolute Gasteiger partial charge is 0.496 e. The molecule has 4 rings (SSSR count). The average molecular weight is 680 g/mol. The topological polar surface area (TPSA) is 104 Å². The van der Waals surface area contributed by atoms with Crippen LogP contribution in [0, 0.1) is 6.92 Å². The molecule has 2 amide bonds. The Balaban J connectivity index is 1.66. The first kappa shape index (κ1) is 36.7. The van der Waals surface area contributed by atoms with Crippen LogP contribution in [0.4, 0.5) is 16.2 Å². The molecule has 48 heavy (non-hydrogen) atoms. The Bertz CT molecular complexity index is 1600. The molecule has 260 valence electrons. The number of amides is 2. The number of anilines is 2. The average Bonchev–Trinajstić information content (AvgIpc) is 3.47. The van der Waals surface area contributed by atoms with Crippen molar-refractivity contribution in [1.29, 1.82) is 0 Å². The Kier molecular flexibility index (Phi) is 12.1. The summed E-state index contributed by atoms with van der Waals surface area (Å²) >= 11 is 1.37. The lowest BCUT2D eigenvalue weighted by atomic mass is 9.92. The molecule has 0 unspecified atom stereocenters. The predicted octanol–water partition coefficient (Wildman–Crippen LogP) is 5.96. The second-order valence-corrected chi connectivity index (χ2v) is 14.4. The number of thiophene rings is 1. The highest BCUT2D eigenvalue weighted by molar-refractivity contribution is 7.13. The predicted molar refractivity (Wildman–Crippen MR) is 192 cm³/mol. The molecule has 0 fully saturated rings. The Hall–Kier alpha value is -4.13. The zero-order chi connectivity index (χ0) is 35.2. The van der Waals surface area contributed by atoms with Gasteiger partial charge in [-0.3, -0.25) is 4.79 Å². The molecule has 0 aliphatic carbocycles. The minimum absolute atomic E-state index is 0.0806. The van der Waals surface area contributed by atoms with Crippen molar-refractivity contribution in [3.63, 3.8) is 0 Å². The molecule has 3 aromatic rings. The first-order valence-electron chi connectivity index (χ1n) is 16.1. The molecule has 0 radical (unpaired) electrons. The Morgan fingerprint density at radius 1 is 0.917 bits per heavy atom. The lowest BCUT2D eigenvalue weighted by Crippen LogP contribution is -2.52. The fourth-order valence-corrected chi connectivity index (χ4v) is 6.52. The van der Waals surface area contributed by atoms with Crippen LogP contribution in [0.2, 0.25) is 0 Å². The van der Waals surface area contributed by atoms with Crippen molar-refractivity contribution in [2.75, 3.05) is 78.7 Å². The number of benzene rings is 2. The number of nitrogens with one attached hydrogen (secondary N) is 1. The summed E-state index contributed by atoms with van der Waals surface area (Å²) in [7, 11) is 11.3. The number of methoxy groups -OCH3 is 1. The SMILES string of the molecule is COc1cc(OC(=O)N(CCCN(C)C)CCCN(C)C)ccc1-c1ccc2c(c1COC(=O)c1ccc(C)s1)N(C)C(=O)C(C)(C)N2. The first-order chi connectivity index (χ1) is 22.7. The van der Waals surface area contributed by atoms with Crippen LogP contribution in [-0.4, -0.2) is 107 Å². The van der Waals surface area contributed by atoms with Gasteiger partial charge >= 0.3 is 12.1 Å². The van der Waals surface area contributed by atoms with Gasteiger partial charge in [0.05, 0.1) is 18.5 Å². The first-order valence-corrected chi connectivity index (χ1v) is 16.9. The fourth-order valence-electron chi connectivity index (χ4n) is 5.76. The Morgan fingerprint density at radius 2 is 1.56 bits per heavy atom. The van der Waals surface area contributed by atoms with E-state index < -0.39 is 17.6 Å². The lowest BCUT2D eigenvalue weighted by Gasteiger charge is -2.39. The van der Waals surface area contributed by atoms with Gasteiger partial charge in [-0.2, -0.15) is 0 Å². The normalized spacial score (nSPS) is 13.7. The minimum Gasteiger partial charge on any atom is -0.496 e. The van der Waals surface area contributed by atoms with Crippen LogP contribution >= 0.6 is 11.3 Å². The van der Waals surface area contributed by atoms with Crippen molar-refractivity contribution < 1.29 is 28.6 Å². The van der Waals surface area contributed by atoms with Crippen LogP contribution in [0.15, 0.2) is 42.5 Å². The van der Waals surface area contributed by atoms with Crippen LogP contribution in [0.3, 0.4) is 0 Å². The van der Waals surface area contributed by atoms with Gasteiger partial charge in [0.15, 0.2) is 0 Å². The van der Waals surface area contributed by atoms with Crippen molar-refractivity contribution in [2.45, 2.75) is 45.8 Å². The summed E-state index contributed by atoms with van der Waals surface area (Å²) in [6.45, 7) is 8.40. The summed E-state index contributed by atoms with van der Waals surface area (Å²) in [6, 6.07) is 12.7.